The van der Waals surface area contributed by atoms with Crippen LogP contribution in [-0.2, 0) is 6.54 Å². The number of carbonyl (C=O) groups excluding carboxylic acids is 1. The van der Waals surface area contributed by atoms with Crippen LogP contribution in [0.3, 0.4) is 0 Å². The minimum atomic E-state index is -0.136. The van der Waals surface area contributed by atoms with Crippen molar-refractivity contribution in [3.63, 3.8) is 0 Å². The minimum Gasteiger partial charge on any atom is -0.397 e. The second kappa shape index (κ2) is 5.48. The Kier molecular flexibility index (Phi) is 3.75. The van der Waals surface area contributed by atoms with Crippen molar-refractivity contribution >= 4 is 11.6 Å². The van der Waals surface area contributed by atoms with Gasteiger partial charge in [-0.05, 0) is 25.1 Å². The van der Waals surface area contributed by atoms with Crippen molar-refractivity contribution in [1.82, 2.24) is 14.9 Å². The van der Waals surface area contributed by atoms with E-state index in [1.807, 2.05) is 25.1 Å². The summed E-state index contributed by atoms with van der Waals surface area (Å²) in [4.78, 5) is 22.1. The van der Waals surface area contributed by atoms with Crippen LogP contribution in [0.15, 0.2) is 36.7 Å². The van der Waals surface area contributed by atoms with Gasteiger partial charge in [0, 0.05) is 18.9 Å². The first-order chi connectivity index (χ1) is 9.08. The molecule has 1 amide bonds. The summed E-state index contributed by atoms with van der Waals surface area (Å²) >= 11 is 0. The first kappa shape index (κ1) is 13.0. The highest BCUT2D eigenvalue weighted by molar-refractivity contribution is 5.98. The summed E-state index contributed by atoms with van der Waals surface area (Å²) < 4.78 is 0. The fraction of sp³-hybridized carbons (Fsp3) is 0.214. The Hall–Kier alpha value is -2.43. The van der Waals surface area contributed by atoms with Crippen LogP contribution < -0.4 is 5.73 Å². The Morgan fingerprint density at radius 3 is 2.84 bits per heavy atom. The zero-order valence-electron chi connectivity index (χ0n) is 11.0. The summed E-state index contributed by atoms with van der Waals surface area (Å²) in [5, 5.41) is 0. The van der Waals surface area contributed by atoms with E-state index in [1.165, 1.54) is 6.20 Å². The Balaban J connectivity index is 2.14. The predicted molar refractivity (Wildman–Crippen MR) is 73.4 cm³/mol. The zero-order valence-corrected chi connectivity index (χ0v) is 11.0. The summed E-state index contributed by atoms with van der Waals surface area (Å²) in [6.45, 7) is 2.37. The highest BCUT2D eigenvalue weighted by Crippen LogP contribution is 2.12. The largest absolute Gasteiger partial charge is 0.397 e. The smallest absolute Gasteiger partial charge is 0.256 e. The maximum absolute atomic E-state index is 12.2. The summed E-state index contributed by atoms with van der Waals surface area (Å²) in [6, 6.07) is 7.37. The van der Waals surface area contributed by atoms with E-state index < -0.39 is 0 Å². The molecule has 0 aliphatic carbocycles. The minimum absolute atomic E-state index is 0.136. The van der Waals surface area contributed by atoms with Crippen molar-refractivity contribution in [2.24, 2.45) is 0 Å². The lowest BCUT2D eigenvalue weighted by atomic mass is 10.2. The van der Waals surface area contributed by atoms with Crippen molar-refractivity contribution in [3.8, 4) is 0 Å². The molecule has 2 rings (SSSR count). The monoisotopic (exact) mass is 256 g/mol. The lowest BCUT2D eigenvalue weighted by molar-refractivity contribution is 0.0784. The van der Waals surface area contributed by atoms with Gasteiger partial charge in [0.05, 0.1) is 29.7 Å². The van der Waals surface area contributed by atoms with Gasteiger partial charge in [-0.25, -0.2) is 0 Å². The molecule has 98 valence electrons. The average Bonchev–Trinajstić information content (AvgIpc) is 2.38. The molecule has 19 heavy (non-hydrogen) atoms. The number of nitrogens with zero attached hydrogens (tertiary/aromatic N) is 3. The van der Waals surface area contributed by atoms with Crippen molar-refractivity contribution in [2.45, 2.75) is 13.5 Å². The second-order valence-electron chi connectivity index (χ2n) is 4.39. The first-order valence-electron chi connectivity index (χ1n) is 5.95. The molecule has 5 heteroatoms. The molecule has 2 N–H and O–H groups in total. The summed E-state index contributed by atoms with van der Waals surface area (Å²) in [5.41, 5.74) is 8.38. The van der Waals surface area contributed by atoms with Crippen molar-refractivity contribution in [2.75, 3.05) is 12.8 Å². The van der Waals surface area contributed by atoms with Gasteiger partial charge in [0.15, 0.2) is 0 Å². The number of nitrogens with two attached hydrogens (primary N) is 1. The third-order valence-corrected chi connectivity index (χ3v) is 2.77. The number of amides is 1. The normalized spacial score (nSPS) is 10.2. The fourth-order valence-electron chi connectivity index (χ4n) is 1.81. The van der Waals surface area contributed by atoms with E-state index in [1.54, 1.807) is 24.2 Å². The molecule has 0 saturated carbocycles. The van der Waals surface area contributed by atoms with Crippen LogP contribution in [-0.4, -0.2) is 27.8 Å². The van der Waals surface area contributed by atoms with Gasteiger partial charge in [-0.15, -0.1) is 0 Å². The number of hydrogen-bond acceptors (Lipinski definition) is 4. The number of aromatic nitrogens is 2. The molecular weight excluding hydrogens is 240 g/mol. The van der Waals surface area contributed by atoms with Crippen LogP contribution in [0.2, 0.25) is 0 Å². The quantitative estimate of drug-likeness (QED) is 0.906. The van der Waals surface area contributed by atoms with Gasteiger partial charge in [-0.1, -0.05) is 6.07 Å². The average molecular weight is 256 g/mol. The van der Waals surface area contributed by atoms with Gasteiger partial charge in [0.2, 0.25) is 0 Å². The maximum Gasteiger partial charge on any atom is 0.256 e. The van der Waals surface area contributed by atoms with Crippen LogP contribution in [0.1, 0.15) is 21.7 Å². The van der Waals surface area contributed by atoms with E-state index >= 15 is 0 Å². The standard InChI is InChI=1S/C14H16N4O/c1-10-4-3-5-11(17-10)9-18(2)14(19)12-6-7-16-8-13(12)15/h3-8H,9,15H2,1-2H3. The molecule has 2 heterocycles. The van der Waals surface area contributed by atoms with Gasteiger partial charge in [0.25, 0.3) is 5.91 Å². The molecule has 0 bridgehead atoms. The molecule has 2 aromatic heterocycles. The zero-order chi connectivity index (χ0) is 13.8. The Morgan fingerprint density at radius 2 is 2.16 bits per heavy atom. The SMILES string of the molecule is Cc1cccc(CN(C)C(=O)c2ccncc2N)n1. The number of nitrogen functional groups attached to an aromatic ring is 1. The number of rotatable bonds is 3. The molecule has 0 saturated heterocycles. The van der Waals surface area contributed by atoms with Gasteiger partial charge in [-0.2, -0.15) is 0 Å². The lowest BCUT2D eigenvalue weighted by Gasteiger charge is -2.17. The van der Waals surface area contributed by atoms with E-state index in [2.05, 4.69) is 9.97 Å². The van der Waals surface area contributed by atoms with E-state index in [0.717, 1.165) is 11.4 Å². The molecule has 0 aromatic carbocycles. The first-order valence-corrected chi connectivity index (χ1v) is 5.95. The number of pyridine rings is 2. The van der Waals surface area contributed by atoms with Crippen LogP contribution in [0.4, 0.5) is 5.69 Å². The third kappa shape index (κ3) is 3.07. The van der Waals surface area contributed by atoms with Crippen molar-refractivity contribution in [3.05, 3.63) is 53.6 Å². The summed E-state index contributed by atoms with van der Waals surface area (Å²) in [6.07, 6.45) is 3.04. The topological polar surface area (TPSA) is 72.1 Å². The molecular formula is C14H16N4O. The van der Waals surface area contributed by atoms with Gasteiger partial charge < -0.3 is 10.6 Å². The molecule has 2 aromatic rings. The Morgan fingerprint density at radius 1 is 1.37 bits per heavy atom. The van der Waals surface area contributed by atoms with Crippen LogP contribution in [0, 0.1) is 6.92 Å². The Bertz CT molecular complexity index is 598. The summed E-state index contributed by atoms with van der Waals surface area (Å²) in [7, 11) is 1.73. The van der Waals surface area contributed by atoms with Crippen molar-refractivity contribution in [1.29, 1.82) is 0 Å². The van der Waals surface area contributed by atoms with Crippen molar-refractivity contribution < 1.29 is 4.79 Å². The molecule has 0 spiro atoms. The van der Waals surface area contributed by atoms with Gasteiger partial charge in [0.1, 0.15) is 0 Å². The third-order valence-electron chi connectivity index (χ3n) is 2.77. The number of anilines is 1. The van der Waals surface area contributed by atoms with Gasteiger partial charge in [-0.3, -0.25) is 14.8 Å². The van der Waals surface area contributed by atoms with E-state index in [4.69, 9.17) is 5.73 Å². The number of carbonyl (C=O) groups is 1. The molecule has 0 radical (unpaired) electrons. The lowest BCUT2D eigenvalue weighted by Crippen LogP contribution is -2.27. The highest BCUT2D eigenvalue weighted by atomic mass is 16.2. The van der Waals surface area contributed by atoms with E-state index in [9.17, 15) is 4.79 Å². The van der Waals surface area contributed by atoms with E-state index in [0.29, 0.717) is 17.8 Å². The molecule has 5 nitrogen and oxygen atoms in total. The van der Waals surface area contributed by atoms with Crippen LogP contribution >= 0.6 is 0 Å². The van der Waals surface area contributed by atoms with E-state index in [-0.39, 0.29) is 5.91 Å². The molecule has 0 unspecified atom stereocenters. The molecule has 0 aliphatic heterocycles. The predicted octanol–water partition coefficient (Wildman–Crippen LogP) is 1.64. The Labute approximate surface area is 112 Å². The molecule has 0 atom stereocenters. The highest BCUT2D eigenvalue weighted by Gasteiger charge is 2.15. The number of aryl methyl sites for hydroxylation is 1. The van der Waals surface area contributed by atoms with Crippen LogP contribution in [0.25, 0.3) is 0 Å². The second-order valence-corrected chi connectivity index (χ2v) is 4.39. The number of hydrogen-bond donors (Lipinski definition) is 1. The van der Waals surface area contributed by atoms with Crippen LogP contribution in [0.5, 0.6) is 0 Å². The molecule has 0 aliphatic rings. The summed E-state index contributed by atoms with van der Waals surface area (Å²) in [5.74, 6) is -0.136. The maximum atomic E-state index is 12.2. The van der Waals surface area contributed by atoms with Gasteiger partial charge >= 0.3 is 0 Å². The molecule has 0 fully saturated rings. The fourth-order valence-corrected chi connectivity index (χ4v) is 1.81.